The summed E-state index contributed by atoms with van der Waals surface area (Å²) in [6.45, 7) is 6.70. The van der Waals surface area contributed by atoms with E-state index in [1.165, 1.54) is 37.3 Å². The molecule has 1 atom stereocenters. The fraction of sp³-hybridized carbons (Fsp3) is 0.333. The zero-order valence-electron chi connectivity index (χ0n) is 24.0. The molecule has 0 bridgehead atoms. The Hall–Kier alpha value is -3.57. The van der Waals surface area contributed by atoms with Gasteiger partial charge in [0.2, 0.25) is 11.8 Å². The SMILES string of the molecule is COc1ccc(N(CC(=O)N(Cc2cccc(Br)c2)[C@H](C)C(=O)NC(C)(C)C)S(=O)(=O)c2ccccc2)cc1OC. The van der Waals surface area contributed by atoms with Crippen molar-refractivity contribution >= 4 is 43.5 Å². The molecular formula is C30H36BrN3O6S. The molecule has 41 heavy (non-hydrogen) atoms. The quantitative estimate of drug-likeness (QED) is 0.315. The van der Waals surface area contributed by atoms with Gasteiger partial charge in [0.05, 0.1) is 24.8 Å². The zero-order valence-corrected chi connectivity index (χ0v) is 26.5. The van der Waals surface area contributed by atoms with Crippen molar-refractivity contribution in [1.29, 1.82) is 0 Å². The number of halogens is 1. The number of ether oxygens (including phenoxy) is 2. The Morgan fingerprint density at radius 2 is 1.59 bits per heavy atom. The number of nitrogens with one attached hydrogen (secondary N) is 1. The van der Waals surface area contributed by atoms with Crippen LogP contribution in [-0.2, 0) is 26.2 Å². The standard InChI is InChI=1S/C30H36BrN3O6S/c1-21(29(36)32-30(2,3)4)33(19-22-11-10-12-23(31)17-22)28(35)20-34(41(37,38)25-13-8-7-9-14-25)24-15-16-26(39-5)27(18-24)40-6/h7-18,21H,19-20H2,1-6H3,(H,32,36)/t21-/m1/s1. The fourth-order valence-corrected chi connectivity index (χ4v) is 5.99. The monoisotopic (exact) mass is 645 g/mol. The van der Waals surface area contributed by atoms with Gasteiger partial charge in [-0.3, -0.25) is 13.9 Å². The van der Waals surface area contributed by atoms with Crippen molar-refractivity contribution < 1.29 is 27.5 Å². The van der Waals surface area contributed by atoms with Crippen LogP contribution in [0.3, 0.4) is 0 Å². The van der Waals surface area contributed by atoms with Crippen LogP contribution in [0.25, 0.3) is 0 Å². The Kier molecular flexibility index (Phi) is 10.4. The van der Waals surface area contributed by atoms with Gasteiger partial charge in [-0.1, -0.05) is 46.3 Å². The van der Waals surface area contributed by atoms with E-state index in [0.29, 0.717) is 11.5 Å². The highest BCUT2D eigenvalue weighted by atomic mass is 79.9. The minimum Gasteiger partial charge on any atom is -0.493 e. The molecule has 0 fully saturated rings. The molecule has 0 unspecified atom stereocenters. The highest BCUT2D eigenvalue weighted by Gasteiger charge is 2.33. The average Bonchev–Trinajstić information content (AvgIpc) is 2.93. The fourth-order valence-electron chi connectivity index (χ4n) is 4.12. The molecule has 11 heteroatoms. The van der Waals surface area contributed by atoms with Crippen LogP contribution in [0, 0.1) is 0 Å². The molecule has 0 aliphatic carbocycles. The first-order chi connectivity index (χ1) is 19.3. The summed E-state index contributed by atoms with van der Waals surface area (Å²) in [5, 5.41) is 2.92. The number of nitrogens with zero attached hydrogens (tertiary/aromatic N) is 2. The summed E-state index contributed by atoms with van der Waals surface area (Å²) in [6.07, 6.45) is 0. The molecule has 3 aromatic rings. The normalized spacial score (nSPS) is 12.3. The molecular weight excluding hydrogens is 610 g/mol. The van der Waals surface area contributed by atoms with Gasteiger partial charge in [-0.15, -0.1) is 0 Å². The highest BCUT2D eigenvalue weighted by molar-refractivity contribution is 9.10. The third-order valence-electron chi connectivity index (χ3n) is 6.17. The minimum atomic E-state index is -4.20. The van der Waals surface area contributed by atoms with E-state index < -0.39 is 34.1 Å². The highest BCUT2D eigenvalue weighted by Crippen LogP contribution is 2.34. The molecule has 1 N–H and O–H groups in total. The second-order valence-corrected chi connectivity index (χ2v) is 13.2. The van der Waals surface area contributed by atoms with Gasteiger partial charge in [-0.2, -0.15) is 0 Å². The molecule has 0 spiro atoms. The number of hydrogen-bond acceptors (Lipinski definition) is 6. The zero-order chi connectivity index (χ0) is 30.4. The van der Waals surface area contributed by atoms with Crippen LogP contribution >= 0.6 is 15.9 Å². The third kappa shape index (κ3) is 8.23. The number of carbonyl (C=O) groups is 2. The van der Waals surface area contributed by atoms with E-state index in [1.54, 1.807) is 37.3 Å². The van der Waals surface area contributed by atoms with Crippen LogP contribution in [0.4, 0.5) is 5.69 Å². The van der Waals surface area contributed by atoms with E-state index in [9.17, 15) is 18.0 Å². The second-order valence-electron chi connectivity index (χ2n) is 10.4. The molecule has 0 saturated heterocycles. The Balaban J connectivity index is 2.09. The lowest BCUT2D eigenvalue weighted by molar-refractivity contribution is -0.140. The number of sulfonamides is 1. The van der Waals surface area contributed by atoms with E-state index in [-0.39, 0.29) is 23.0 Å². The van der Waals surface area contributed by atoms with Crippen molar-refractivity contribution in [1.82, 2.24) is 10.2 Å². The first kappa shape index (κ1) is 32.0. The third-order valence-corrected chi connectivity index (χ3v) is 8.45. The van der Waals surface area contributed by atoms with E-state index in [4.69, 9.17) is 9.47 Å². The van der Waals surface area contributed by atoms with Crippen molar-refractivity contribution in [3.05, 3.63) is 82.8 Å². The first-order valence-electron chi connectivity index (χ1n) is 12.9. The lowest BCUT2D eigenvalue weighted by Gasteiger charge is -2.33. The molecule has 0 aliphatic rings. The van der Waals surface area contributed by atoms with E-state index >= 15 is 0 Å². The van der Waals surface area contributed by atoms with Gasteiger partial charge in [-0.05, 0) is 69.7 Å². The predicted molar refractivity (Wildman–Crippen MR) is 163 cm³/mol. The van der Waals surface area contributed by atoms with Gasteiger partial charge in [0.1, 0.15) is 12.6 Å². The Morgan fingerprint density at radius 3 is 2.17 bits per heavy atom. The summed E-state index contributed by atoms with van der Waals surface area (Å²) >= 11 is 3.45. The van der Waals surface area contributed by atoms with Crippen LogP contribution < -0.4 is 19.1 Å². The predicted octanol–water partition coefficient (Wildman–Crippen LogP) is 4.99. The smallest absolute Gasteiger partial charge is 0.264 e. The first-order valence-corrected chi connectivity index (χ1v) is 15.2. The summed E-state index contributed by atoms with van der Waals surface area (Å²) < 4.78 is 40.4. The molecule has 9 nitrogen and oxygen atoms in total. The number of rotatable bonds is 11. The molecule has 0 aromatic heterocycles. The maximum Gasteiger partial charge on any atom is 0.264 e. The Labute approximate surface area is 250 Å². The molecule has 2 amide bonds. The average molecular weight is 647 g/mol. The van der Waals surface area contributed by atoms with Crippen molar-refractivity contribution in [2.75, 3.05) is 25.1 Å². The van der Waals surface area contributed by atoms with Crippen molar-refractivity contribution in [2.24, 2.45) is 0 Å². The van der Waals surface area contributed by atoms with Crippen LogP contribution in [0.5, 0.6) is 11.5 Å². The van der Waals surface area contributed by atoms with Crippen molar-refractivity contribution in [3.63, 3.8) is 0 Å². The Morgan fingerprint density at radius 1 is 0.927 bits per heavy atom. The van der Waals surface area contributed by atoms with Crippen molar-refractivity contribution in [2.45, 2.75) is 50.7 Å². The van der Waals surface area contributed by atoms with Crippen LogP contribution in [0.1, 0.15) is 33.3 Å². The number of anilines is 1. The number of methoxy groups -OCH3 is 2. The van der Waals surface area contributed by atoms with Crippen LogP contribution in [0.15, 0.2) is 82.2 Å². The van der Waals surface area contributed by atoms with Gasteiger partial charge in [-0.25, -0.2) is 8.42 Å². The van der Waals surface area contributed by atoms with Gasteiger partial charge in [0, 0.05) is 22.6 Å². The molecule has 0 radical (unpaired) electrons. The molecule has 0 aliphatic heterocycles. The van der Waals surface area contributed by atoms with E-state index in [0.717, 1.165) is 14.3 Å². The summed E-state index contributed by atoms with van der Waals surface area (Å²) in [4.78, 5) is 28.7. The van der Waals surface area contributed by atoms with Crippen molar-refractivity contribution in [3.8, 4) is 11.5 Å². The van der Waals surface area contributed by atoms with Gasteiger partial charge in [0.15, 0.2) is 11.5 Å². The molecule has 3 aromatic carbocycles. The molecule has 3 rings (SSSR count). The van der Waals surface area contributed by atoms with Gasteiger partial charge >= 0.3 is 0 Å². The van der Waals surface area contributed by atoms with Gasteiger partial charge < -0.3 is 19.7 Å². The molecule has 220 valence electrons. The van der Waals surface area contributed by atoms with Gasteiger partial charge in [0.25, 0.3) is 10.0 Å². The maximum absolute atomic E-state index is 14.1. The molecule has 0 heterocycles. The largest absolute Gasteiger partial charge is 0.493 e. The second kappa shape index (κ2) is 13.4. The molecule has 0 saturated carbocycles. The van der Waals surface area contributed by atoms with E-state index in [1.807, 2.05) is 45.0 Å². The van der Waals surface area contributed by atoms with Crippen LogP contribution in [-0.4, -0.2) is 57.5 Å². The Bertz CT molecular complexity index is 1480. The number of benzene rings is 3. The summed E-state index contributed by atoms with van der Waals surface area (Å²) in [6, 6.07) is 19.0. The topological polar surface area (TPSA) is 105 Å². The summed E-state index contributed by atoms with van der Waals surface area (Å²) in [5.74, 6) is -0.210. The van der Waals surface area contributed by atoms with E-state index in [2.05, 4.69) is 21.2 Å². The lowest BCUT2D eigenvalue weighted by atomic mass is 10.1. The summed E-state index contributed by atoms with van der Waals surface area (Å²) in [5.41, 5.74) is 0.443. The number of hydrogen-bond donors (Lipinski definition) is 1. The summed E-state index contributed by atoms with van der Waals surface area (Å²) in [7, 11) is -1.28. The minimum absolute atomic E-state index is 0.0136. The van der Waals surface area contributed by atoms with Crippen LogP contribution in [0.2, 0.25) is 0 Å². The maximum atomic E-state index is 14.1. The lowest BCUT2D eigenvalue weighted by Crippen LogP contribution is -2.54. The number of amides is 2. The number of carbonyl (C=O) groups excluding carboxylic acids is 2.